The summed E-state index contributed by atoms with van der Waals surface area (Å²) in [5, 5.41) is 3.34. The van der Waals surface area contributed by atoms with Crippen LogP contribution in [-0.4, -0.2) is 49.5 Å². The number of nitrogens with zero attached hydrogens (tertiary/aromatic N) is 2. The number of halogens is 2. The number of amides is 2. The van der Waals surface area contributed by atoms with Gasteiger partial charge in [0.1, 0.15) is 12.6 Å². The molecular formula is C25H33Cl2N3O4S. The molecule has 0 saturated heterocycles. The van der Waals surface area contributed by atoms with E-state index in [-0.39, 0.29) is 28.2 Å². The van der Waals surface area contributed by atoms with E-state index in [0.717, 1.165) is 21.7 Å². The molecule has 0 saturated carbocycles. The topological polar surface area (TPSA) is 86.8 Å². The number of nitrogens with one attached hydrogen (secondary N) is 1. The number of hydrogen-bond donors (Lipinski definition) is 1. The maximum absolute atomic E-state index is 13.7. The lowest BCUT2D eigenvalue weighted by Gasteiger charge is -2.34. The van der Waals surface area contributed by atoms with E-state index >= 15 is 0 Å². The predicted octanol–water partition coefficient (Wildman–Crippen LogP) is 4.79. The Morgan fingerprint density at radius 1 is 1.06 bits per heavy atom. The van der Waals surface area contributed by atoms with Crippen molar-refractivity contribution in [3.8, 4) is 0 Å². The molecule has 0 radical (unpaired) electrons. The van der Waals surface area contributed by atoms with Crippen molar-refractivity contribution in [3.63, 3.8) is 0 Å². The molecule has 1 N–H and O–H groups in total. The number of benzene rings is 2. The Hall–Kier alpha value is -2.29. The second kappa shape index (κ2) is 11.6. The Bertz CT molecular complexity index is 1160. The zero-order chi connectivity index (χ0) is 26.6. The lowest BCUT2D eigenvalue weighted by atomic mass is 10.1. The standard InChI is InChI=1S/C25H33Cl2N3O4S/c1-7-21(24(32)28-25(3,4)5)29(15-18-10-8-17(2)9-11-18)23(31)16-30(35(6,33)34)22-14-19(26)12-13-20(22)27/h8-14,21H,7,15-16H2,1-6H3,(H,28,32)/t21-/m0/s1. The molecule has 10 heteroatoms. The molecule has 0 heterocycles. The maximum Gasteiger partial charge on any atom is 0.244 e. The van der Waals surface area contributed by atoms with Gasteiger partial charge in [0.25, 0.3) is 0 Å². The molecule has 0 aromatic heterocycles. The maximum atomic E-state index is 13.7. The first kappa shape index (κ1) is 28.9. The minimum Gasteiger partial charge on any atom is -0.350 e. The van der Waals surface area contributed by atoms with E-state index in [2.05, 4.69) is 5.32 Å². The van der Waals surface area contributed by atoms with Crippen molar-refractivity contribution in [2.75, 3.05) is 17.1 Å². The second-order valence-electron chi connectivity index (χ2n) is 9.54. The van der Waals surface area contributed by atoms with E-state index in [0.29, 0.717) is 6.42 Å². The molecule has 0 aliphatic carbocycles. The highest BCUT2D eigenvalue weighted by Gasteiger charge is 2.33. The van der Waals surface area contributed by atoms with Crippen molar-refractivity contribution in [2.24, 2.45) is 0 Å². The van der Waals surface area contributed by atoms with E-state index in [4.69, 9.17) is 23.2 Å². The van der Waals surface area contributed by atoms with Gasteiger partial charge in [0.05, 0.1) is 17.0 Å². The fraction of sp³-hybridized carbons (Fsp3) is 0.440. The van der Waals surface area contributed by atoms with Crippen LogP contribution in [0, 0.1) is 6.92 Å². The summed E-state index contributed by atoms with van der Waals surface area (Å²) in [5.41, 5.74) is 1.47. The van der Waals surface area contributed by atoms with E-state index in [9.17, 15) is 18.0 Å². The first-order chi connectivity index (χ1) is 16.1. The summed E-state index contributed by atoms with van der Waals surface area (Å²) in [6, 6.07) is 11.2. The lowest BCUT2D eigenvalue weighted by Crippen LogP contribution is -2.55. The van der Waals surface area contributed by atoms with E-state index in [1.165, 1.54) is 23.1 Å². The zero-order valence-corrected chi connectivity index (χ0v) is 23.3. The molecule has 192 valence electrons. The molecule has 2 rings (SSSR count). The highest BCUT2D eigenvalue weighted by Crippen LogP contribution is 2.31. The summed E-state index contributed by atoms with van der Waals surface area (Å²) in [4.78, 5) is 28.3. The second-order valence-corrected chi connectivity index (χ2v) is 12.3. The summed E-state index contributed by atoms with van der Waals surface area (Å²) in [6.45, 7) is 8.94. The van der Waals surface area contributed by atoms with Gasteiger partial charge in [0, 0.05) is 17.1 Å². The predicted molar refractivity (Wildman–Crippen MR) is 142 cm³/mol. The minimum absolute atomic E-state index is 0.0949. The number of aryl methyl sites for hydroxylation is 1. The van der Waals surface area contributed by atoms with Crippen molar-refractivity contribution in [1.82, 2.24) is 10.2 Å². The number of rotatable bonds is 9. The number of sulfonamides is 1. The van der Waals surface area contributed by atoms with Gasteiger partial charge < -0.3 is 10.2 Å². The van der Waals surface area contributed by atoms with E-state index in [1.807, 2.05) is 58.9 Å². The molecule has 7 nitrogen and oxygen atoms in total. The Morgan fingerprint density at radius 2 is 1.66 bits per heavy atom. The van der Waals surface area contributed by atoms with Gasteiger partial charge in [0.15, 0.2) is 0 Å². The third kappa shape index (κ3) is 8.40. The quantitative estimate of drug-likeness (QED) is 0.494. The molecular weight excluding hydrogens is 509 g/mol. The molecule has 1 atom stereocenters. The van der Waals surface area contributed by atoms with Crippen LogP contribution in [0.2, 0.25) is 10.0 Å². The van der Waals surface area contributed by atoms with Crippen LogP contribution in [0.1, 0.15) is 45.2 Å². The molecule has 2 amide bonds. The van der Waals surface area contributed by atoms with Crippen molar-refractivity contribution in [1.29, 1.82) is 0 Å². The van der Waals surface area contributed by atoms with Gasteiger partial charge in [-0.3, -0.25) is 13.9 Å². The van der Waals surface area contributed by atoms with Crippen LogP contribution >= 0.6 is 23.2 Å². The summed E-state index contributed by atoms with van der Waals surface area (Å²) in [6.07, 6.45) is 1.34. The van der Waals surface area contributed by atoms with E-state index in [1.54, 1.807) is 0 Å². The molecule has 2 aromatic carbocycles. The summed E-state index contributed by atoms with van der Waals surface area (Å²) in [5.74, 6) is -0.852. The van der Waals surface area contributed by atoms with Crippen LogP contribution < -0.4 is 9.62 Å². The summed E-state index contributed by atoms with van der Waals surface area (Å²) in [7, 11) is -3.90. The molecule has 0 spiro atoms. The average Bonchev–Trinajstić information content (AvgIpc) is 2.73. The Labute approximate surface area is 218 Å². The highest BCUT2D eigenvalue weighted by molar-refractivity contribution is 7.92. The Morgan fingerprint density at radius 3 is 2.17 bits per heavy atom. The highest BCUT2D eigenvalue weighted by atomic mass is 35.5. The van der Waals surface area contributed by atoms with Crippen LogP contribution in [0.15, 0.2) is 42.5 Å². The third-order valence-corrected chi connectivity index (χ3v) is 6.89. The molecule has 0 aliphatic rings. The van der Waals surface area contributed by atoms with Crippen LogP contribution in [0.3, 0.4) is 0 Å². The smallest absolute Gasteiger partial charge is 0.244 e. The Kier molecular flexibility index (Phi) is 9.62. The molecule has 0 bridgehead atoms. The number of carbonyl (C=O) groups is 2. The number of anilines is 1. The van der Waals surface area contributed by atoms with Gasteiger partial charge in [-0.2, -0.15) is 0 Å². The lowest BCUT2D eigenvalue weighted by molar-refractivity contribution is -0.141. The van der Waals surface area contributed by atoms with Gasteiger partial charge in [0.2, 0.25) is 21.8 Å². The van der Waals surface area contributed by atoms with Crippen molar-refractivity contribution >= 4 is 50.7 Å². The monoisotopic (exact) mass is 541 g/mol. The van der Waals surface area contributed by atoms with Crippen molar-refractivity contribution in [2.45, 2.75) is 59.2 Å². The van der Waals surface area contributed by atoms with Gasteiger partial charge >= 0.3 is 0 Å². The fourth-order valence-electron chi connectivity index (χ4n) is 3.53. The zero-order valence-electron chi connectivity index (χ0n) is 20.9. The molecule has 35 heavy (non-hydrogen) atoms. The number of carbonyl (C=O) groups excluding carboxylic acids is 2. The van der Waals surface area contributed by atoms with Crippen LogP contribution in [0.5, 0.6) is 0 Å². The van der Waals surface area contributed by atoms with Gasteiger partial charge in [-0.25, -0.2) is 8.42 Å². The normalized spacial score (nSPS) is 12.7. The molecule has 2 aromatic rings. The average molecular weight is 543 g/mol. The van der Waals surface area contributed by atoms with Crippen LogP contribution in [0.4, 0.5) is 5.69 Å². The third-order valence-electron chi connectivity index (χ3n) is 5.21. The van der Waals surface area contributed by atoms with Crippen molar-refractivity contribution < 1.29 is 18.0 Å². The largest absolute Gasteiger partial charge is 0.350 e. The first-order valence-electron chi connectivity index (χ1n) is 11.2. The summed E-state index contributed by atoms with van der Waals surface area (Å²) >= 11 is 12.3. The molecule has 0 aliphatic heterocycles. The SMILES string of the molecule is CC[C@@H](C(=O)NC(C)(C)C)N(Cc1ccc(C)cc1)C(=O)CN(c1cc(Cl)ccc1Cl)S(C)(=O)=O. The first-order valence-corrected chi connectivity index (χ1v) is 13.8. The van der Waals surface area contributed by atoms with Crippen LogP contribution in [0.25, 0.3) is 0 Å². The number of hydrogen-bond acceptors (Lipinski definition) is 4. The molecule has 0 unspecified atom stereocenters. The fourth-order valence-corrected chi connectivity index (χ4v) is 4.82. The van der Waals surface area contributed by atoms with Gasteiger partial charge in [-0.15, -0.1) is 0 Å². The summed E-state index contributed by atoms with van der Waals surface area (Å²) < 4.78 is 26.3. The van der Waals surface area contributed by atoms with Gasteiger partial charge in [-0.1, -0.05) is 60.0 Å². The molecule has 0 fully saturated rings. The van der Waals surface area contributed by atoms with E-state index < -0.39 is 34.1 Å². The van der Waals surface area contributed by atoms with Crippen molar-refractivity contribution in [3.05, 3.63) is 63.6 Å². The Balaban J connectivity index is 2.49. The van der Waals surface area contributed by atoms with Gasteiger partial charge in [-0.05, 0) is 57.9 Å². The minimum atomic E-state index is -3.90. The van der Waals surface area contributed by atoms with Crippen LogP contribution in [-0.2, 0) is 26.2 Å².